The van der Waals surface area contributed by atoms with Gasteiger partial charge in [0.1, 0.15) is 6.54 Å². The van der Waals surface area contributed by atoms with E-state index in [0.29, 0.717) is 30.7 Å². The van der Waals surface area contributed by atoms with Gasteiger partial charge in [-0.2, -0.15) is 0 Å². The molecule has 7 heteroatoms. The monoisotopic (exact) mass is 284 g/mol. The molecule has 0 fully saturated rings. The Hall–Kier alpha value is -2.05. The molecule has 2 amide bonds. The lowest BCUT2D eigenvalue weighted by Gasteiger charge is -2.10. The number of amides is 2. The minimum absolute atomic E-state index is 0.207. The van der Waals surface area contributed by atoms with Crippen LogP contribution in [0.2, 0.25) is 0 Å². The number of ether oxygens (including phenoxy) is 2. The molecule has 7 nitrogen and oxygen atoms in total. The summed E-state index contributed by atoms with van der Waals surface area (Å²) in [6.07, 6.45) is 1.99. The Bertz CT molecular complexity index is 417. The first-order chi connectivity index (χ1) is 9.58. The fourth-order valence-corrected chi connectivity index (χ4v) is 1.87. The zero-order valence-electron chi connectivity index (χ0n) is 11.8. The van der Waals surface area contributed by atoms with Gasteiger partial charge in [0.25, 0.3) is 0 Å². The first-order valence-corrected chi connectivity index (χ1v) is 6.68. The summed E-state index contributed by atoms with van der Waals surface area (Å²) in [5.41, 5.74) is 1.06. The van der Waals surface area contributed by atoms with Gasteiger partial charge in [0, 0.05) is 5.70 Å². The van der Waals surface area contributed by atoms with Gasteiger partial charge in [0.15, 0.2) is 0 Å². The fourth-order valence-electron chi connectivity index (χ4n) is 1.87. The standard InChI is InChI=1S/C13H20N2O5/c1-3-19-11(16)8-14-13(18)15-10-7-5-6-9(10)12(17)20-4-2/h3-8H2,1-2H3,(H2,14,15,18). The van der Waals surface area contributed by atoms with Crippen LogP contribution in [-0.4, -0.2) is 37.7 Å². The molecule has 0 aromatic heterocycles. The molecule has 0 unspecified atom stereocenters. The van der Waals surface area contributed by atoms with E-state index in [1.807, 2.05) is 0 Å². The third-order valence-corrected chi connectivity index (χ3v) is 2.70. The van der Waals surface area contributed by atoms with Crippen LogP contribution in [-0.2, 0) is 19.1 Å². The van der Waals surface area contributed by atoms with Crippen LogP contribution in [0.1, 0.15) is 33.1 Å². The van der Waals surface area contributed by atoms with E-state index in [0.717, 1.165) is 6.42 Å². The van der Waals surface area contributed by atoms with E-state index in [9.17, 15) is 14.4 Å². The number of nitrogens with one attached hydrogen (secondary N) is 2. The Morgan fingerprint density at radius 1 is 1.10 bits per heavy atom. The molecule has 0 radical (unpaired) electrons. The van der Waals surface area contributed by atoms with Crippen molar-refractivity contribution >= 4 is 18.0 Å². The Morgan fingerprint density at radius 2 is 1.80 bits per heavy atom. The number of rotatable bonds is 6. The number of esters is 2. The van der Waals surface area contributed by atoms with Crippen molar-refractivity contribution < 1.29 is 23.9 Å². The Labute approximate surface area is 117 Å². The summed E-state index contributed by atoms with van der Waals surface area (Å²) in [6, 6.07) is -0.531. The molecule has 20 heavy (non-hydrogen) atoms. The topological polar surface area (TPSA) is 93.7 Å². The molecule has 0 spiro atoms. The quantitative estimate of drug-likeness (QED) is 0.705. The van der Waals surface area contributed by atoms with E-state index < -0.39 is 18.0 Å². The average Bonchev–Trinajstić information content (AvgIpc) is 2.85. The molecule has 0 heterocycles. The Balaban J connectivity index is 2.49. The predicted octanol–water partition coefficient (Wildman–Crippen LogP) is 0.850. The average molecular weight is 284 g/mol. The second-order valence-electron chi connectivity index (χ2n) is 4.14. The predicted molar refractivity (Wildman–Crippen MR) is 70.7 cm³/mol. The van der Waals surface area contributed by atoms with Crippen molar-refractivity contribution in [3.63, 3.8) is 0 Å². The number of carbonyl (C=O) groups is 3. The molecule has 1 aliphatic carbocycles. The van der Waals surface area contributed by atoms with Crippen LogP contribution in [0.25, 0.3) is 0 Å². The van der Waals surface area contributed by atoms with Crippen molar-refractivity contribution in [2.75, 3.05) is 19.8 Å². The molecule has 1 rings (SSSR count). The normalized spacial score (nSPS) is 13.9. The summed E-state index contributed by atoms with van der Waals surface area (Å²) in [5, 5.41) is 4.96. The number of carbonyl (C=O) groups excluding carboxylic acids is 3. The van der Waals surface area contributed by atoms with Crippen molar-refractivity contribution in [3.05, 3.63) is 11.3 Å². The van der Waals surface area contributed by atoms with Gasteiger partial charge in [0.2, 0.25) is 0 Å². The van der Waals surface area contributed by atoms with Crippen LogP contribution in [0.15, 0.2) is 11.3 Å². The summed E-state index contributed by atoms with van der Waals surface area (Å²) in [5.74, 6) is -0.903. The molecular weight excluding hydrogens is 264 g/mol. The molecule has 1 aliphatic rings. The minimum atomic E-state index is -0.531. The highest BCUT2D eigenvalue weighted by Gasteiger charge is 2.23. The van der Waals surface area contributed by atoms with Crippen LogP contribution in [0.4, 0.5) is 4.79 Å². The third kappa shape index (κ3) is 4.91. The van der Waals surface area contributed by atoms with Crippen molar-refractivity contribution in [2.24, 2.45) is 0 Å². The summed E-state index contributed by atoms with van der Waals surface area (Å²) in [6.45, 7) is 3.77. The van der Waals surface area contributed by atoms with E-state index in [2.05, 4.69) is 15.4 Å². The van der Waals surface area contributed by atoms with E-state index in [1.165, 1.54) is 0 Å². The van der Waals surface area contributed by atoms with Gasteiger partial charge in [-0.15, -0.1) is 0 Å². The lowest BCUT2D eigenvalue weighted by molar-refractivity contribution is -0.142. The number of hydrogen-bond acceptors (Lipinski definition) is 5. The van der Waals surface area contributed by atoms with E-state index >= 15 is 0 Å². The van der Waals surface area contributed by atoms with Crippen molar-refractivity contribution in [2.45, 2.75) is 33.1 Å². The molecule has 0 aliphatic heterocycles. The van der Waals surface area contributed by atoms with Gasteiger partial charge in [-0.05, 0) is 33.1 Å². The number of allylic oxidation sites excluding steroid dienone is 1. The highest BCUT2D eigenvalue weighted by Crippen LogP contribution is 2.24. The summed E-state index contributed by atoms with van der Waals surface area (Å²) in [4.78, 5) is 34.4. The SMILES string of the molecule is CCOC(=O)CNC(=O)NC1=C(C(=O)OCC)CCC1. The maximum Gasteiger partial charge on any atom is 0.335 e. The Morgan fingerprint density at radius 3 is 2.45 bits per heavy atom. The second kappa shape index (κ2) is 8.19. The summed E-state index contributed by atoms with van der Waals surface area (Å²) >= 11 is 0. The van der Waals surface area contributed by atoms with E-state index in [-0.39, 0.29) is 13.2 Å². The molecule has 0 saturated carbocycles. The summed E-state index contributed by atoms with van der Waals surface area (Å²) in [7, 11) is 0. The zero-order chi connectivity index (χ0) is 15.0. The Kier molecular flexibility index (Phi) is 6.55. The van der Waals surface area contributed by atoms with Gasteiger partial charge in [-0.3, -0.25) is 4.79 Å². The molecule has 0 aromatic carbocycles. The first-order valence-electron chi connectivity index (χ1n) is 6.68. The highest BCUT2D eigenvalue weighted by atomic mass is 16.5. The number of hydrogen-bond donors (Lipinski definition) is 2. The minimum Gasteiger partial charge on any atom is -0.465 e. The molecule has 0 saturated heterocycles. The highest BCUT2D eigenvalue weighted by molar-refractivity contribution is 5.91. The van der Waals surface area contributed by atoms with Gasteiger partial charge in [-0.25, -0.2) is 9.59 Å². The van der Waals surface area contributed by atoms with Gasteiger partial charge < -0.3 is 20.1 Å². The van der Waals surface area contributed by atoms with Crippen LogP contribution >= 0.6 is 0 Å². The molecule has 0 bridgehead atoms. The molecule has 2 N–H and O–H groups in total. The van der Waals surface area contributed by atoms with Crippen LogP contribution in [0.3, 0.4) is 0 Å². The van der Waals surface area contributed by atoms with E-state index in [1.54, 1.807) is 13.8 Å². The lowest BCUT2D eigenvalue weighted by atomic mass is 10.2. The van der Waals surface area contributed by atoms with E-state index in [4.69, 9.17) is 4.74 Å². The van der Waals surface area contributed by atoms with Gasteiger partial charge in [0.05, 0.1) is 18.8 Å². The van der Waals surface area contributed by atoms with Crippen molar-refractivity contribution in [3.8, 4) is 0 Å². The zero-order valence-corrected chi connectivity index (χ0v) is 11.8. The smallest absolute Gasteiger partial charge is 0.335 e. The van der Waals surface area contributed by atoms with Gasteiger partial charge >= 0.3 is 18.0 Å². The van der Waals surface area contributed by atoms with Crippen LogP contribution in [0.5, 0.6) is 0 Å². The van der Waals surface area contributed by atoms with Crippen molar-refractivity contribution in [1.29, 1.82) is 0 Å². The fraction of sp³-hybridized carbons (Fsp3) is 0.615. The van der Waals surface area contributed by atoms with Gasteiger partial charge in [-0.1, -0.05) is 0 Å². The molecular formula is C13H20N2O5. The second-order valence-corrected chi connectivity index (χ2v) is 4.14. The molecule has 0 atom stereocenters. The largest absolute Gasteiger partial charge is 0.465 e. The maximum absolute atomic E-state index is 11.7. The summed E-state index contributed by atoms with van der Waals surface area (Å²) < 4.78 is 9.61. The third-order valence-electron chi connectivity index (χ3n) is 2.70. The molecule has 112 valence electrons. The van der Waals surface area contributed by atoms with Crippen LogP contribution in [0, 0.1) is 0 Å². The molecule has 0 aromatic rings. The van der Waals surface area contributed by atoms with Crippen LogP contribution < -0.4 is 10.6 Å². The first kappa shape index (κ1) is 16.0. The number of urea groups is 1. The maximum atomic E-state index is 11.7. The lowest BCUT2D eigenvalue weighted by Crippen LogP contribution is -2.38. The van der Waals surface area contributed by atoms with Crippen molar-refractivity contribution in [1.82, 2.24) is 10.6 Å².